The summed E-state index contributed by atoms with van der Waals surface area (Å²) in [6, 6.07) is 12.1. The molecular formula is C26H29FN2O3. The number of halogens is 1. The second kappa shape index (κ2) is 8.24. The molecular weight excluding hydrogens is 407 g/mol. The number of likely N-dealkylation sites (tertiary alicyclic amines) is 1. The Bertz CT molecular complexity index is 1120. The predicted octanol–water partition coefficient (Wildman–Crippen LogP) is 5.48. The summed E-state index contributed by atoms with van der Waals surface area (Å²) in [7, 11) is 1.72. The minimum absolute atomic E-state index is 0.0965. The van der Waals surface area contributed by atoms with Crippen molar-refractivity contribution in [2.45, 2.75) is 51.4 Å². The van der Waals surface area contributed by atoms with Crippen LogP contribution in [-0.4, -0.2) is 36.2 Å². The molecule has 1 aliphatic heterocycles. The number of aromatic amines is 1. The molecule has 1 saturated heterocycles. The molecule has 1 aromatic heterocycles. The molecule has 2 aliphatic rings. The van der Waals surface area contributed by atoms with Gasteiger partial charge in [0.25, 0.3) is 6.47 Å². The van der Waals surface area contributed by atoms with E-state index in [0.717, 1.165) is 42.8 Å². The van der Waals surface area contributed by atoms with E-state index in [1.54, 1.807) is 7.11 Å². The smallest absolute Gasteiger partial charge is 0.298 e. The second-order valence-corrected chi connectivity index (χ2v) is 9.37. The number of fused-ring (bicyclic) bond motifs is 1. The number of H-pyrrole nitrogens is 1. The zero-order chi connectivity index (χ0) is 22.3. The van der Waals surface area contributed by atoms with Crippen molar-refractivity contribution in [3.05, 3.63) is 59.3 Å². The van der Waals surface area contributed by atoms with E-state index in [1.165, 1.54) is 16.5 Å². The van der Waals surface area contributed by atoms with Gasteiger partial charge in [-0.1, -0.05) is 12.1 Å². The Morgan fingerprint density at radius 1 is 1.22 bits per heavy atom. The van der Waals surface area contributed by atoms with Crippen LogP contribution in [0.2, 0.25) is 0 Å². The van der Waals surface area contributed by atoms with Gasteiger partial charge in [-0.3, -0.25) is 9.69 Å². The first-order valence-electron chi connectivity index (χ1n) is 11.2. The van der Waals surface area contributed by atoms with E-state index in [2.05, 4.69) is 28.9 Å². The summed E-state index contributed by atoms with van der Waals surface area (Å²) in [5.41, 5.74) is 4.74. The van der Waals surface area contributed by atoms with Gasteiger partial charge in [0.2, 0.25) is 0 Å². The average Bonchev–Trinajstić information content (AvgIpc) is 3.27. The second-order valence-electron chi connectivity index (χ2n) is 9.37. The van der Waals surface area contributed by atoms with Crippen molar-refractivity contribution in [3.63, 3.8) is 0 Å². The summed E-state index contributed by atoms with van der Waals surface area (Å²) in [6.45, 7) is 4.20. The summed E-state index contributed by atoms with van der Waals surface area (Å²) in [4.78, 5) is 16.5. The fourth-order valence-electron chi connectivity index (χ4n) is 5.75. The van der Waals surface area contributed by atoms with Crippen LogP contribution in [-0.2, 0) is 11.3 Å². The molecule has 5 rings (SSSR count). The lowest BCUT2D eigenvalue weighted by atomic mass is 9.60. The fraction of sp³-hybridized carbons (Fsp3) is 0.423. The van der Waals surface area contributed by atoms with Crippen molar-refractivity contribution in [2.24, 2.45) is 5.41 Å². The number of piperidine rings is 1. The number of benzene rings is 2. The molecule has 1 N–H and O–H groups in total. The molecule has 2 heterocycles. The fourth-order valence-corrected chi connectivity index (χ4v) is 5.75. The molecule has 5 nitrogen and oxygen atoms in total. The molecule has 168 valence electrons. The Morgan fingerprint density at radius 2 is 2.00 bits per heavy atom. The van der Waals surface area contributed by atoms with Crippen molar-refractivity contribution < 1.29 is 18.7 Å². The third-order valence-corrected chi connectivity index (χ3v) is 7.45. The lowest BCUT2D eigenvalue weighted by Gasteiger charge is -2.53. The number of aromatic nitrogens is 1. The molecule has 1 saturated carbocycles. The van der Waals surface area contributed by atoms with Crippen LogP contribution in [0.3, 0.4) is 0 Å². The van der Waals surface area contributed by atoms with Crippen molar-refractivity contribution in [1.82, 2.24) is 9.88 Å². The number of carbonyl (C=O) groups excluding carboxylic acids is 1. The van der Waals surface area contributed by atoms with Gasteiger partial charge >= 0.3 is 0 Å². The van der Waals surface area contributed by atoms with Crippen LogP contribution >= 0.6 is 0 Å². The highest BCUT2D eigenvalue weighted by molar-refractivity contribution is 5.88. The van der Waals surface area contributed by atoms with Gasteiger partial charge in [0.1, 0.15) is 17.7 Å². The number of hydrogen-bond donors (Lipinski definition) is 1. The Balaban J connectivity index is 1.49. The van der Waals surface area contributed by atoms with Crippen LogP contribution in [0.25, 0.3) is 10.9 Å². The first-order chi connectivity index (χ1) is 15.5. The van der Waals surface area contributed by atoms with Gasteiger partial charge in [0.15, 0.2) is 0 Å². The van der Waals surface area contributed by atoms with Gasteiger partial charge in [0, 0.05) is 35.2 Å². The number of methoxy groups -OCH3 is 1. The normalized spacial score (nSPS) is 25.6. The highest BCUT2D eigenvalue weighted by atomic mass is 19.1. The Hall–Kier alpha value is -2.86. The Labute approximate surface area is 187 Å². The van der Waals surface area contributed by atoms with Gasteiger partial charge in [-0.15, -0.1) is 0 Å². The first kappa shape index (κ1) is 21.0. The topological polar surface area (TPSA) is 54.6 Å². The average molecular weight is 437 g/mol. The number of nitrogens with zero attached hydrogens (tertiary/aromatic N) is 1. The van der Waals surface area contributed by atoms with Gasteiger partial charge in [-0.05, 0) is 80.0 Å². The molecule has 2 fully saturated rings. The van der Waals surface area contributed by atoms with Crippen LogP contribution in [0.5, 0.6) is 11.5 Å². The van der Waals surface area contributed by atoms with Crippen LogP contribution in [0.15, 0.2) is 42.6 Å². The van der Waals surface area contributed by atoms with Crippen LogP contribution in [0.1, 0.15) is 48.4 Å². The quantitative estimate of drug-likeness (QED) is 0.520. The van der Waals surface area contributed by atoms with E-state index in [4.69, 9.17) is 9.47 Å². The lowest BCUT2D eigenvalue weighted by molar-refractivity contribution is -0.120. The Kier molecular flexibility index (Phi) is 5.41. The molecule has 32 heavy (non-hydrogen) atoms. The van der Waals surface area contributed by atoms with E-state index in [-0.39, 0.29) is 11.5 Å². The van der Waals surface area contributed by atoms with E-state index < -0.39 is 6.17 Å². The molecule has 2 aromatic carbocycles. The number of nitrogens with one attached hydrogen (secondary N) is 1. The zero-order valence-corrected chi connectivity index (χ0v) is 18.6. The van der Waals surface area contributed by atoms with Crippen LogP contribution < -0.4 is 9.47 Å². The maximum absolute atomic E-state index is 13.9. The highest BCUT2D eigenvalue weighted by Crippen LogP contribution is 2.55. The molecule has 1 atom stereocenters. The van der Waals surface area contributed by atoms with Crippen molar-refractivity contribution in [3.8, 4) is 11.5 Å². The van der Waals surface area contributed by atoms with Crippen molar-refractivity contribution in [1.29, 1.82) is 0 Å². The third kappa shape index (κ3) is 3.66. The van der Waals surface area contributed by atoms with E-state index >= 15 is 0 Å². The van der Waals surface area contributed by atoms with Crippen LogP contribution in [0, 0.1) is 12.3 Å². The summed E-state index contributed by atoms with van der Waals surface area (Å²) >= 11 is 0. The van der Waals surface area contributed by atoms with Gasteiger partial charge < -0.3 is 14.5 Å². The van der Waals surface area contributed by atoms with Gasteiger partial charge in [-0.2, -0.15) is 0 Å². The largest absolute Gasteiger partial charge is 0.496 e. The number of carbonyl (C=O) groups is 1. The molecule has 0 bridgehead atoms. The molecule has 3 aromatic rings. The van der Waals surface area contributed by atoms with Crippen molar-refractivity contribution in [2.75, 3.05) is 13.7 Å². The van der Waals surface area contributed by atoms with E-state index in [0.29, 0.717) is 25.1 Å². The molecule has 0 radical (unpaired) electrons. The third-order valence-electron chi connectivity index (χ3n) is 7.45. The van der Waals surface area contributed by atoms with Crippen LogP contribution in [0.4, 0.5) is 4.39 Å². The number of aryl methyl sites for hydroxylation is 1. The predicted molar refractivity (Wildman–Crippen MR) is 122 cm³/mol. The molecule has 0 unspecified atom stereocenters. The molecule has 0 amide bonds. The summed E-state index contributed by atoms with van der Waals surface area (Å²) in [5.74, 6) is 1.43. The lowest BCUT2D eigenvalue weighted by Crippen LogP contribution is -2.49. The maximum atomic E-state index is 13.9. The summed E-state index contributed by atoms with van der Waals surface area (Å²) < 4.78 is 24.6. The van der Waals surface area contributed by atoms with E-state index in [9.17, 15) is 9.18 Å². The minimum atomic E-state index is -0.665. The highest BCUT2D eigenvalue weighted by Gasteiger charge is 2.49. The maximum Gasteiger partial charge on any atom is 0.298 e. The number of alkyl halides is 1. The SMILES string of the molecule is COc1cc(C)c2[nH]ccc2c1CN1CCC2(CC(F)C2)C[C@H]1c1ccc(OC=O)cc1. The first-order valence-corrected chi connectivity index (χ1v) is 11.2. The summed E-state index contributed by atoms with van der Waals surface area (Å²) in [6.07, 6.45) is 4.60. The van der Waals surface area contributed by atoms with Crippen molar-refractivity contribution >= 4 is 17.4 Å². The molecule has 1 spiro atoms. The minimum Gasteiger partial charge on any atom is -0.496 e. The Morgan fingerprint density at radius 3 is 2.69 bits per heavy atom. The summed E-state index contributed by atoms with van der Waals surface area (Å²) in [5, 5.41) is 1.18. The number of ether oxygens (including phenoxy) is 2. The van der Waals surface area contributed by atoms with Gasteiger partial charge in [-0.25, -0.2) is 4.39 Å². The number of hydrogen-bond acceptors (Lipinski definition) is 4. The molecule has 1 aliphatic carbocycles. The standard InChI is InChI=1S/C26H29FN2O3/c1-17-11-24(31-2)22(21-7-9-28-25(17)21)15-29-10-8-26(12-19(27)13-26)14-23(29)18-3-5-20(6-4-18)32-16-30/h3-7,9,11,16,19,23,28H,8,10,12-15H2,1-2H3/t19?,23-,26?/m0/s1. The molecule has 6 heteroatoms. The number of rotatable bonds is 6. The monoisotopic (exact) mass is 436 g/mol. The zero-order valence-electron chi connectivity index (χ0n) is 18.6. The van der Waals surface area contributed by atoms with E-state index in [1.807, 2.05) is 30.5 Å². The van der Waals surface area contributed by atoms with Gasteiger partial charge in [0.05, 0.1) is 7.11 Å².